The van der Waals surface area contributed by atoms with Crippen LogP contribution >= 0.6 is 0 Å². The van der Waals surface area contributed by atoms with Gasteiger partial charge in [-0.15, -0.1) is 10.1 Å². The molecule has 4 N–H and O–H groups in total. The van der Waals surface area contributed by atoms with Crippen molar-refractivity contribution in [1.29, 1.82) is 0 Å². The molecular weight excluding hydrogens is 142 g/mol. The van der Waals surface area contributed by atoms with E-state index in [2.05, 4.69) is 15.6 Å². The fourth-order valence-corrected chi connectivity index (χ4v) is 0.328. The Kier molecular flexibility index (Phi) is 4.46. The third-order valence-corrected chi connectivity index (χ3v) is 0.704. The summed E-state index contributed by atoms with van der Waals surface area (Å²) in [7, 11) is 0. The summed E-state index contributed by atoms with van der Waals surface area (Å²) in [5.74, 6) is 4.63. The first kappa shape index (κ1) is 9.08. The van der Waals surface area contributed by atoms with Crippen LogP contribution in [0, 0.1) is 10.1 Å². The summed E-state index contributed by atoms with van der Waals surface area (Å²) in [5.41, 5.74) is 5.20. The summed E-state index contributed by atoms with van der Waals surface area (Å²) in [4.78, 5) is 17.6. The van der Waals surface area contributed by atoms with Gasteiger partial charge >= 0.3 is 0 Å². The van der Waals surface area contributed by atoms with Gasteiger partial charge < -0.3 is 15.4 Å². The van der Waals surface area contributed by atoms with Crippen LogP contribution in [0.3, 0.4) is 0 Å². The molecule has 0 aromatic heterocycles. The molecule has 0 radical (unpaired) electrons. The predicted molar refractivity (Wildman–Crippen MR) is 31.1 cm³/mol. The molecule has 0 aliphatic heterocycles. The molecule has 0 aliphatic rings. The summed E-state index contributed by atoms with van der Waals surface area (Å²) in [6.07, 6.45) is 0. The molecule has 10 heavy (non-hydrogen) atoms. The van der Waals surface area contributed by atoms with E-state index >= 15 is 0 Å². The van der Waals surface area contributed by atoms with Crippen molar-refractivity contribution in [2.24, 2.45) is 11.6 Å². The summed E-state index contributed by atoms with van der Waals surface area (Å²) >= 11 is 0. The number of hydrogen-bond acceptors (Lipinski definition) is 6. The SMILES string of the molecule is NOCC(N)CO[N+](=O)[O-]. The average Bonchev–Trinajstić information content (AvgIpc) is 1.85. The molecule has 0 aliphatic carbocycles. The maximum absolute atomic E-state index is 9.56. The minimum absolute atomic E-state index is 0.0356. The third kappa shape index (κ3) is 5.22. The maximum Gasteiger partial charge on any atom is 0.294 e. The van der Waals surface area contributed by atoms with Gasteiger partial charge in [0.1, 0.15) is 6.61 Å². The molecule has 1 unspecified atom stereocenters. The second-order valence-electron chi connectivity index (χ2n) is 1.61. The van der Waals surface area contributed by atoms with Crippen LogP contribution in [-0.2, 0) is 9.68 Å². The summed E-state index contributed by atoms with van der Waals surface area (Å²) in [6.45, 7) is -0.169. The van der Waals surface area contributed by atoms with E-state index in [9.17, 15) is 10.1 Å². The van der Waals surface area contributed by atoms with Gasteiger partial charge in [-0.3, -0.25) is 0 Å². The van der Waals surface area contributed by atoms with E-state index in [1.165, 1.54) is 0 Å². The van der Waals surface area contributed by atoms with Crippen LogP contribution in [0.15, 0.2) is 0 Å². The topological polar surface area (TPSA) is 114 Å². The number of nitrogens with two attached hydrogens (primary N) is 2. The molecule has 1 atom stereocenters. The highest BCUT2D eigenvalue weighted by Gasteiger charge is 2.03. The Balaban J connectivity index is 3.21. The van der Waals surface area contributed by atoms with Gasteiger partial charge in [-0.25, -0.2) is 5.90 Å². The van der Waals surface area contributed by atoms with Crippen molar-refractivity contribution in [3.63, 3.8) is 0 Å². The van der Waals surface area contributed by atoms with Crippen molar-refractivity contribution >= 4 is 0 Å². The fraction of sp³-hybridized carbons (Fsp3) is 1.00. The van der Waals surface area contributed by atoms with Crippen molar-refractivity contribution in [2.45, 2.75) is 6.04 Å². The lowest BCUT2D eigenvalue weighted by molar-refractivity contribution is -0.758. The van der Waals surface area contributed by atoms with Gasteiger partial charge in [0.05, 0.1) is 12.6 Å². The smallest absolute Gasteiger partial charge is 0.294 e. The molecule has 0 fully saturated rings. The molecule has 0 saturated carbocycles. The Labute approximate surface area is 56.9 Å². The lowest BCUT2D eigenvalue weighted by atomic mass is 10.4. The molecule has 60 valence electrons. The maximum atomic E-state index is 9.56. The van der Waals surface area contributed by atoms with E-state index in [4.69, 9.17) is 5.73 Å². The van der Waals surface area contributed by atoms with Crippen LogP contribution in [0.5, 0.6) is 0 Å². The highest BCUT2D eigenvalue weighted by atomic mass is 16.9. The zero-order valence-electron chi connectivity index (χ0n) is 5.23. The molecule has 0 bridgehead atoms. The number of nitrogens with zero attached hydrogens (tertiary/aromatic N) is 1. The fourth-order valence-electron chi connectivity index (χ4n) is 0.328. The quantitative estimate of drug-likeness (QED) is 0.361. The van der Waals surface area contributed by atoms with E-state index in [0.717, 1.165) is 0 Å². The Morgan fingerprint density at radius 3 is 2.60 bits per heavy atom. The van der Waals surface area contributed by atoms with E-state index in [0.29, 0.717) is 0 Å². The molecule has 0 heterocycles. The average molecular weight is 151 g/mol. The van der Waals surface area contributed by atoms with Gasteiger partial charge in [-0.2, -0.15) is 0 Å². The molecule has 0 spiro atoms. The minimum atomic E-state index is -0.920. The van der Waals surface area contributed by atoms with Crippen molar-refractivity contribution in [3.8, 4) is 0 Å². The molecule has 0 amide bonds. The lowest BCUT2D eigenvalue weighted by Gasteiger charge is -2.06. The molecule has 0 aromatic carbocycles. The van der Waals surface area contributed by atoms with Crippen molar-refractivity contribution in [3.05, 3.63) is 10.1 Å². The number of rotatable bonds is 5. The van der Waals surface area contributed by atoms with E-state index in [1.807, 2.05) is 0 Å². The Morgan fingerprint density at radius 2 is 2.20 bits per heavy atom. The largest absolute Gasteiger partial charge is 0.324 e. The standard InChI is InChI=1S/C3H9N3O4/c4-3(1-9-5)2-10-6(7)8/h3H,1-2,4-5H2. The van der Waals surface area contributed by atoms with Gasteiger partial charge in [0.2, 0.25) is 0 Å². The van der Waals surface area contributed by atoms with Crippen LogP contribution in [0.4, 0.5) is 0 Å². The van der Waals surface area contributed by atoms with E-state index in [1.54, 1.807) is 0 Å². The first-order chi connectivity index (χ1) is 4.66. The first-order valence-electron chi connectivity index (χ1n) is 2.51. The normalized spacial score (nSPS) is 12.6. The van der Waals surface area contributed by atoms with Crippen LogP contribution < -0.4 is 11.6 Å². The molecule has 0 rings (SSSR count). The molecular formula is C3H9N3O4. The zero-order chi connectivity index (χ0) is 7.98. The van der Waals surface area contributed by atoms with Gasteiger partial charge in [-0.05, 0) is 0 Å². The Morgan fingerprint density at radius 1 is 1.60 bits per heavy atom. The van der Waals surface area contributed by atoms with Crippen molar-refractivity contribution < 1.29 is 14.8 Å². The molecule has 7 nitrogen and oxygen atoms in total. The minimum Gasteiger partial charge on any atom is -0.324 e. The van der Waals surface area contributed by atoms with Crippen LogP contribution in [0.25, 0.3) is 0 Å². The van der Waals surface area contributed by atoms with Crippen molar-refractivity contribution in [2.75, 3.05) is 13.2 Å². The Bertz CT molecular complexity index is 108. The van der Waals surface area contributed by atoms with E-state index in [-0.39, 0.29) is 13.2 Å². The monoisotopic (exact) mass is 151 g/mol. The Hall–Kier alpha value is -0.920. The third-order valence-electron chi connectivity index (χ3n) is 0.704. The molecule has 0 aromatic rings. The molecule has 0 saturated heterocycles. The van der Waals surface area contributed by atoms with Gasteiger partial charge in [0.25, 0.3) is 5.09 Å². The zero-order valence-corrected chi connectivity index (χ0v) is 5.23. The summed E-state index contributed by atoms with van der Waals surface area (Å²) < 4.78 is 0. The first-order valence-corrected chi connectivity index (χ1v) is 2.51. The van der Waals surface area contributed by atoms with Gasteiger partial charge in [-0.1, -0.05) is 0 Å². The highest BCUT2D eigenvalue weighted by molar-refractivity contribution is 4.54. The summed E-state index contributed by atoms with van der Waals surface area (Å²) in [5, 5.41) is 8.64. The van der Waals surface area contributed by atoms with Gasteiger partial charge in [0, 0.05) is 0 Å². The second-order valence-corrected chi connectivity index (χ2v) is 1.61. The predicted octanol–water partition coefficient (Wildman–Crippen LogP) is -1.59. The van der Waals surface area contributed by atoms with Crippen LogP contribution in [0.1, 0.15) is 0 Å². The van der Waals surface area contributed by atoms with Crippen LogP contribution in [-0.4, -0.2) is 24.3 Å². The van der Waals surface area contributed by atoms with E-state index < -0.39 is 11.1 Å². The summed E-state index contributed by atoms with van der Waals surface area (Å²) in [6, 6.07) is -0.560. The van der Waals surface area contributed by atoms with Gasteiger partial charge in [0.15, 0.2) is 0 Å². The lowest BCUT2D eigenvalue weighted by Crippen LogP contribution is -2.33. The van der Waals surface area contributed by atoms with Crippen LogP contribution in [0.2, 0.25) is 0 Å². The second kappa shape index (κ2) is 4.91. The van der Waals surface area contributed by atoms with Crippen molar-refractivity contribution in [1.82, 2.24) is 0 Å². The highest BCUT2D eigenvalue weighted by Crippen LogP contribution is 1.81. The number of hydrogen-bond donors (Lipinski definition) is 2. The molecule has 7 heteroatoms.